The molecule has 0 bridgehead atoms. The molecule has 0 heterocycles. The number of aliphatic hydroxyl groups is 1. The predicted molar refractivity (Wildman–Crippen MR) is 61.2 cm³/mol. The molecule has 2 unspecified atom stereocenters. The average molecular weight is 202 g/mol. The van der Waals surface area contributed by atoms with E-state index < -0.39 is 0 Å². The zero-order valence-electron chi connectivity index (χ0n) is 10.2. The van der Waals surface area contributed by atoms with Crippen LogP contribution in [0, 0.1) is 5.41 Å². The van der Waals surface area contributed by atoms with Gasteiger partial charge in [-0.3, -0.25) is 4.90 Å². The monoisotopic (exact) mass is 202 g/mol. The van der Waals surface area contributed by atoms with Gasteiger partial charge in [-0.2, -0.15) is 0 Å². The van der Waals surface area contributed by atoms with Crippen LogP contribution in [0.5, 0.6) is 0 Å². The van der Waals surface area contributed by atoms with E-state index in [9.17, 15) is 0 Å². The third kappa shape index (κ3) is 3.95. The minimum Gasteiger partial charge on any atom is -0.395 e. The van der Waals surface area contributed by atoms with Crippen LogP contribution in [0.1, 0.15) is 34.1 Å². The Balaban J connectivity index is 4.55. The van der Waals surface area contributed by atoms with Crippen molar-refractivity contribution in [1.82, 2.24) is 4.90 Å². The number of aliphatic hydroxyl groups excluding tert-OH is 1. The number of rotatable bonds is 5. The van der Waals surface area contributed by atoms with E-state index in [0.29, 0.717) is 12.6 Å². The molecule has 0 aliphatic rings. The topological polar surface area (TPSA) is 49.5 Å². The second-order valence-corrected chi connectivity index (χ2v) is 5.09. The van der Waals surface area contributed by atoms with E-state index in [2.05, 4.69) is 32.6 Å². The van der Waals surface area contributed by atoms with E-state index in [4.69, 9.17) is 10.8 Å². The molecule has 0 aromatic rings. The number of nitrogens with zero attached hydrogens (tertiary/aromatic N) is 1. The third-order valence-corrected chi connectivity index (χ3v) is 2.69. The van der Waals surface area contributed by atoms with Crippen molar-refractivity contribution >= 4 is 0 Å². The Kier molecular flexibility index (Phi) is 5.64. The summed E-state index contributed by atoms with van der Waals surface area (Å²) in [6, 6.07) is 0.492. The largest absolute Gasteiger partial charge is 0.395 e. The molecule has 3 nitrogen and oxygen atoms in total. The Labute approximate surface area is 88.3 Å². The molecule has 0 aromatic heterocycles. The van der Waals surface area contributed by atoms with Gasteiger partial charge in [-0.1, -0.05) is 27.7 Å². The SMILES string of the molecule is CCC(N)C(N(C)CCO)C(C)(C)C. The smallest absolute Gasteiger partial charge is 0.0558 e. The van der Waals surface area contributed by atoms with Crippen LogP contribution in [-0.4, -0.2) is 42.3 Å². The van der Waals surface area contributed by atoms with Crippen LogP contribution < -0.4 is 5.73 Å². The molecule has 3 heteroatoms. The summed E-state index contributed by atoms with van der Waals surface area (Å²) in [4.78, 5) is 2.16. The fourth-order valence-electron chi connectivity index (χ4n) is 2.15. The van der Waals surface area contributed by atoms with Crippen LogP contribution in [0.25, 0.3) is 0 Å². The van der Waals surface area contributed by atoms with E-state index in [1.165, 1.54) is 0 Å². The van der Waals surface area contributed by atoms with Gasteiger partial charge >= 0.3 is 0 Å². The first kappa shape index (κ1) is 13.9. The summed E-state index contributed by atoms with van der Waals surface area (Å²) in [5.41, 5.74) is 6.26. The molecule has 0 saturated carbocycles. The van der Waals surface area contributed by atoms with Gasteiger partial charge in [0.2, 0.25) is 0 Å². The number of nitrogens with two attached hydrogens (primary N) is 1. The van der Waals surface area contributed by atoms with Crippen molar-refractivity contribution in [2.24, 2.45) is 11.1 Å². The summed E-state index contributed by atoms with van der Waals surface area (Å²) < 4.78 is 0. The molecule has 14 heavy (non-hydrogen) atoms. The Hall–Kier alpha value is -0.120. The normalized spacial score (nSPS) is 17.1. The average Bonchev–Trinajstić information content (AvgIpc) is 2.02. The van der Waals surface area contributed by atoms with Crippen molar-refractivity contribution in [3.63, 3.8) is 0 Å². The molecular weight excluding hydrogens is 176 g/mol. The van der Waals surface area contributed by atoms with Crippen LogP contribution in [0.3, 0.4) is 0 Å². The summed E-state index contributed by atoms with van der Waals surface area (Å²) >= 11 is 0. The highest BCUT2D eigenvalue weighted by atomic mass is 16.3. The Morgan fingerprint density at radius 1 is 1.36 bits per heavy atom. The lowest BCUT2D eigenvalue weighted by atomic mass is 9.80. The Bertz CT molecular complexity index is 154. The van der Waals surface area contributed by atoms with Crippen molar-refractivity contribution < 1.29 is 5.11 Å². The second-order valence-electron chi connectivity index (χ2n) is 5.09. The van der Waals surface area contributed by atoms with Gasteiger partial charge in [-0.05, 0) is 18.9 Å². The van der Waals surface area contributed by atoms with Gasteiger partial charge in [-0.25, -0.2) is 0 Å². The molecule has 3 N–H and O–H groups in total. The van der Waals surface area contributed by atoms with Crippen molar-refractivity contribution in [3.8, 4) is 0 Å². The van der Waals surface area contributed by atoms with Gasteiger partial charge in [-0.15, -0.1) is 0 Å². The van der Waals surface area contributed by atoms with Crippen LogP contribution in [0.4, 0.5) is 0 Å². The maximum atomic E-state index is 8.92. The van der Waals surface area contributed by atoms with Crippen molar-refractivity contribution in [3.05, 3.63) is 0 Å². The van der Waals surface area contributed by atoms with E-state index in [1.807, 2.05) is 7.05 Å². The minimum absolute atomic E-state index is 0.152. The second kappa shape index (κ2) is 5.69. The molecule has 0 amide bonds. The van der Waals surface area contributed by atoms with Gasteiger partial charge < -0.3 is 10.8 Å². The molecule has 86 valence electrons. The molecule has 0 radical (unpaired) electrons. The van der Waals surface area contributed by atoms with E-state index >= 15 is 0 Å². The first-order valence-corrected chi connectivity index (χ1v) is 5.41. The van der Waals surface area contributed by atoms with E-state index in [-0.39, 0.29) is 18.1 Å². The highest BCUT2D eigenvalue weighted by Gasteiger charge is 2.32. The Morgan fingerprint density at radius 3 is 2.14 bits per heavy atom. The molecule has 0 aliphatic carbocycles. The summed E-state index contributed by atoms with van der Waals surface area (Å²) in [6.07, 6.45) is 0.970. The van der Waals surface area contributed by atoms with Crippen LogP contribution in [0.15, 0.2) is 0 Å². The maximum absolute atomic E-state index is 8.92. The lowest BCUT2D eigenvalue weighted by Crippen LogP contribution is -2.53. The van der Waals surface area contributed by atoms with Gasteiger partial charge in [0.05, 0.1) is 6.61 Å². The number of likely N-dealkylation sites (N-methyl/N-ethyl adjacent to an activating group) is 1. The third-order valence-electron chi connectivity index (χ3n) is 2.69. The lowest BCUT2D eigenvalue weighted by Gasteiger charge is -2.41. The Morgan fingerprint density at radius 2 is 1.86 bits per heavy atom. The standard InChI is InChI=1S/C11H26N2O/c1-6-9(12)10(11(2,3)4)13(5)7-8-14/h9-10,14H,6-8,12H2,1-5H3. The van der Waals surface area contributed by atoms with E-state index in [1.54, 1.807) is 0 Å². The zero-order chi connectivity index (χ0) is 11.4. The van der Waals surface area contributed by atoms with Crippen LogP contribution in [0.2, 0.25) is 0 Å². The summed E-state index contributed by atoms with van der Waals surface area (Å²) in [6.45, 7) is 9.58. The van der Waals surface area contributed by atoms with Gasteiger partial charge in [0.25, 0.3) is 0 Å². The van der Waals surface area contributed by atoms with Crippen LogP contribution >= 0.6 is 0 Å². The van der Waals surface area contributed by atoms with Gasteiger partial charge in [0, 0.05) is 18.6 Å². The maximum Gasteiger partial charge on any atom is 0.0558 e. The summed E-state index contributed by atoms with van der Waals surface area (Å²) in [7, 11) is 2.03. The fraction of sp³-hybridized carbons (Fsp3) is 1.00. The fourth-order valence-corrected chi connectivity index (χ4v) is 2.15. The molecule has 0 rings (SSSR count). The lowest BCUT2D eigenvalue weighted by molar-refractivity contribution is 0.0828. The molecule has 0 aliphatic heterocycles. The molecule has 0 saturated heterocycles. The highest BCUT2D eigenvalue weighted by molar-refractivity contribution is 4.89. The molecule has 2 atom stereocenters. The molecule has 0 spiro atoms. The zero-order valence-corrected chi connectivity index (χ0v) is 10.2. The van der Waals surface area contributed by atoms with Crippen molar-refractivity contribution in [1.29, 1.82) is 0 Å². The first-order chi connectivity index (χ1) is 6.34. The van der Waals surface area contributed by atoms with Crippen LogP contribution in [-0.2, 0) is 0 Å². The number of hydrogen-bond acceptors (Lipinski definition) is 3. The van der Waals surface area contributed by atoms with Gasteiger partial charge in [0.1, 0.15) is 0 Å². The molecule has 0 fully saturated rings. The highest BCUT2D eigenvalue weighted by Crippen LogP contribution is 2.26. The molecule has 0 aromatic carbocycles. The number of hydrogen-bond donors (Lipinski definition) is 2. The van der Waals surface area contributed by atoms with Gasteiger partial charge in [0.15, 0.2) is 0 Å². The van der Waals surface area contributed by atoms with E-state index in [0.717, 1.165) is 6.42 Å². The minimum atomic E-state index is 0.152. The summed E-state index contributed by atoms with van der Waals surface area (Å²) in [5.74, 6) is 0. The van der Waals surface area contributed by atoms with Crippen molar-refractivity contribution in [2.75, 3.05) is 20.2 Å². The first-order valence-electron chi connectivity index (χ1n) is 5.41. The summed E-state index contributed by atoms with van der Waals surface area (Å²) in [5, 5.41) is 8.92. The quantitative estimate of drug-likeness (QED) is 0.701. The van der Waals surface area contributed by atoms with Crippen molar-refractivity contribution in [2.45, 2.75) is 46.2 Å². The molecular formula is C11H26N2O. The predicted octanol–water partition coefficient (Wildman–Crippen LogP) is 1.06.